The van der Waals surface area contributed by atoms with Crippen molar-refractivity contribution in [3.63, 3.8) is 0 Å². The second-order valence-corrected chi connectivity index (χ2v) is 5.69. The number of anilines is 1. The van der Waals surface area contributed by atoms with Crippen LogP contribution in [-0.2, 0) is 9.84 Å². The van der Waals surface area contributed by atoms with Crippen LogP contribution in [-0.4, -0.2) is 19.7 Å². The van der Waals surface area contributed by atoms with Crippen LogP contribution in [0.3, 0.4) is 0 Å². The van der Waals surface area contributed by atoms with Crippen molar-refractivity contribution in [1.82, 2.24) is 4.98 Å². The second-order valence-electron chi connectivity index (χ2n) is 3.73. The molecule has 2 rings (SSSR count). The average Bonchev–Trinajstić information content (AvgIpc) is 2.29. The average molecular weight is 248 g/mol. The molecule has 0 spiro atoms. The molecule has 0 aliphatic heterocycles. The van der Waals surface area contributed by atoms with Crippen LogP contribution in [0, 0.1) is 0 Å². The summed E-state index contributed by atoms with van der Waals surface area (Å²) in [7, 11) is -3.32. The number of hydrogen-bond acceptors (Lipinski definition) is 4. The van der Waals surface area contributed by atoms with E-state index in [0.717, 1.165) is 11.8 Å². The number of nitrogen functional groups attached to an aromatic ring is 1. The molecule has 0 amide bonds. The Morgan fingerprint density at radius 3 is 2.29 bits per heavy atom. The normalized spacial score (nSPS) is 11.4. The van der Waals surface area contributed by atoms with E-state index in [4.69, 9.17) is 5.73 Å². The van der Waals surface area contributed by atoms with Crippen LogP contribution in [0.2, 0.25) is 0 Å². The fraction of sp³-hybridized carbons (Fsp3) is 0.0833. The van der Waals surface area contributed by atoms with Crippen LogP contribution in [0.1, 0.15) is 0 Å². The first-order valence-electron chi connectivity index (χ1n) is 5.00. The van der Waals surface area contributed by atoms with Crippen molar-refractivity contribution in [3.8, 4) is 11.3 Å². The molecule has 1 heterocycles. The van der Waals surface area contributed by atoms with E-state index in [9.17, 15) is 8.42 Å². The highest BCUT2D eigenvalue weighted by Crippen LogP contribution is 2.24. The molecular weight excluding hydrogens is 236 g/mol. The summed E-state index contributed by atoms with van der Waals surface area (Å²) in [5.74, 6) is 0. The SMILES string of the molecule is CS(=O)(=O)c1ccc(N)c(-c2ccccc2)n1. The number of nitrogens with zero attached hydrogens (tertiary/aromatic N) is 1. The number of pyridine rings is 1. The Kier molecular flexibility index (Phi) is 2.85. The maximum atomic E-state index is 11.4. The van der Waals surface area contributed by atoms with Crippen molar-refractivity contribution in [3.05, 3.63) is 42.5 Å². The molecule has 0 bridgehead atoms. The second kappa shape index (κ2) is 4.18. The highest BCUT2D eigenvalue weighted by Gasteiger charge is 2.12. The summed E-state index contributed by atoms with van der Waals surface area (Å²) in [6.45, 7) is 0. The van der Waals surface area contributed by atoms with Gasteiger partial charge in [0, 0.05) is 11.8 Å². The van der Waals surface area contributed by atoms with Gasteiger partial charge in [-0.25, -0.2) is 13.4 Å². The van der Waals surface area contributed by atoms with Crippen molar-refractivity contribution in [1.29, 1.82) is 0 Å². The molecule has 1 aromatic heterocycles. The Morgan fingerprint density at radius 2 is 1.71 bits per heavy atom. The predicted octanol–water partition coefficient (Wildman–Crippen LogP) is 1.73. The van der Waals surface area contributed by atoms with Gasteiger partial charge in [-0.3, -0.25) is 0 Å². The lowest BCUT2D eigenvalue weighted by atomic mass is 10.1. The number of rotatable bonds is 2. The number of hydrogen-bond donors (Lipinski definition) is 1. The van der Waals surface area contributed by atoms with Gasteiger partial charge in [-0.1, -0.05) is 30.3 Å². The zero-order valence-corrected chi connectivity index (χ0v) is 10.1. The van der Waals surface area contributed by atoms with Gasteiger partial charge in [-0.05, 0) is 12.1 Å². The molecule has 17 heavy (non-hydrogen) atoms. The number of sulfone groups is 1. The Bertz CT molecular complexity index is 637. The molecule has 2 aromatic rings. The van der Waals surface area contributed by atoms with Gasteiger partial charge >= 0.3 is 0 Å². The first-order chi connectivity index (χ1) is 7.98. The first kappa shape index (κ1) is 11.6. The van der Waals surface area contributed by atoms with Crippen molar-refractivity contribution in [2.45, 2.75) is 5.03 Å². The fourth-order valence-electron chi connectivity index (χ4n) is 1.49. The van der Waals surface area contributed by atoms with E-state index in [1.54, 1.807) is 6.07 Å². The lowest BCUT2D eigenvalue weighted by Crippen LogP contribution is -2.03. The third-order valence-corrected chi connectivity index (χ3v) is 3.32. The highest BCUT2D eigenvalue weighted by molar-refractivity contribution is 7.90. The molecule has 4 nitrogen and oxygen atoms in total. The number of nitrogens with two attached hydrogens (primary N) is 1. The maximum Gasteiger partial charge on any atom is 0.192 e. The third kappa shape index (κ3) is 2.45. The van der Waals surface area contributed by atoms with E-state index >= 15 is 0 Å². The number of benzene rings is 1. The molecule has 0 saturated heterocycles. The van der Waals surface area contributed by atoms with Gasteiger partial charge in [0.1, 0.15) is 0 Å². The monoisotopic (exact) mass is 248 g/mol. The molecule has 0 aliphatic rings. The molecule has 0 saturated carbocycles. The molecule has 0 unspecified atom stereocenters. The van der Waals surface area contributed by atoms with E-state index in [1.165, 1.54) is 6.07 Å². The molecule has 0 radical (unpaired) electrons. The van der Waals surface area contributed by atoms with Crippen LogP contribution in [0.5, 0.6) is 0 Å². The Hall–Kier alpha value is -1.88. The largest absolute Gasteiger partial charge is 0.397 e. The van der Waals surface area contributed by atoms with E-state index in [1.807, 2.05) is 30.3 Å². The van der Waals surface area contributed by atoms with Crippen LogP contribution in [0.25, 0.3) is 11.3 Å². The van der Waals surface area contributed by atoms with Crippen LogP contribution < -0.4 is 5.73 Å². The lowest BCUT2D eigenvalue weighted by Gasteiger charge is -2.06. The maximum absolute atomic E-state index is 11.4. The molecule has 1 aromatic carbocycles. The summed E-state index contributed by atoms with van der Waals surface area (Å²) >= 11 is 0. The lowest BCUT2D eigenvalue weighted by molar-refractivity contribution is 0.598. The summed E-state index contributed by atoms with van der Waals surface area (Å²) in [5, 5.41) is 0.0329. The molecule has 0 aliphatic carbocycles. The summed E-state index contributed by atoms with van der Waals surface area (Å²) in [4.78, 5) is 4.10. The minimum Gasteiger partial charge on any atom is -0.397 e. The topological polar surface area (TPSA) is 73.0 Å². The van der Waals surface area contributed by atoms with Crippen molar-refractivity contribution >= 4 is 15.5 Å². The highest BCUT2D eigenvalue weighted by atomic mass is 32.2. The Morgan fingerprint density at radius 1 is 1.06 bits per heavy atom. The summed E-state index contributed by atoms with van der Waals surface area (Å²) in [6, 6.07) is 12.2. The van der Waals surface area contributed by atoms with E-state index < -0.39 is 9.84 Å². The molecule has 2 N–H and O–H groups in total. The van der Waals surface area contributed by atoms with Crippen LogP contribution in [0.4, 0.5) is 5.69 Å². The Labute approximate surface area is 100 Å². The van der Waals surface area contributed by atoms with Crippen molar-refractivity contribution in [2.75, 3.05) is 12.0 Å². The third-order valence-electron chi connectivity index (χ3n) is 2.33. The summed E-state index contributed by atoms with van der Waals surface area (Å²) in [6.07, 6.45) is 1.13. The quantitative estimate of drug-likeness (QED) is 0.878. The van der Waals surface area contributed by atoms with Gasteiger partial charge in [0.25, 0.3) is 0 Å². The molecular formula is C12H12N2O2S. The standard InChI is InChI=1S/C12H12N2O2S/c1-17(15,16)11-8-7-10(13)12(14-11)9-5-3-2-4-6-9/h2-8H,13H2,1H3. The van der Waals surface area contributed by atoms with Gasteiger partial charge in [-0.2, -0.15) is 0 Å². The molecule has 0 fully saturated rings. The predicted molar refractivity (Wildman–Crippen MR) is 67.2 cm³/mol. The van der Waals surface area contributed by atoms with Gasteiger partial charge in [0.15, 0.2) is 14.9 Å². The van der Waals surface area contributed by atoms with Crippen molar-refractivity contribution < 1.29 is 8.42 Å². The number of aromatic nitrogens is 1. The van der Waals surface area contributed by atoms with E-state index in [2.05, 4.69) is 4.98 Å². The summed E-state index contributed by atoms with van der Waals surface area (Å²) < 4.78 is 22.8. The summed E-state index contributed by atoms with van der Waals surface area (Å²) in [5.41, 5.74) is 7.56. The van der Waals surface area contributed by atoms with E-state index in [-0.39, 0.29) is 5.03 Å². The van der Waals surface area contributed by atoms with Gasteiger partial charge < -0.3 is 5.73 Å². The van der Waals surface area contributed by atoms with Gasteiger partial charge in [0.2, 0.25) is 0 Å². The Balaban J connectivity index is 2.63. The molecule has 5 heteroatoms. The van der Waals surface area contributed by atoms with Gasteiger partial charge in [0.05, 0.1) is 11.4 Å². The molecule has 88 valence electrons. The fourth-order valence-corrected chi connectivity index (χ4v) is 2.06. The van der Waals surface area contributed by atoms with Crippen molar-refractivity contribution in [2.24, 2.45) is 0 Å². The zero-order valence-electron chi connectivity index (χ0n) is 9.29. The minimum atomic E-state index is -3.32. The smallest absolute Gasteiger partial charge is 0.192 e. The van der Waals surface area contributed by atoms with Crippen LogP contribution in [0.15, 0.2) is 47.5 Å². The molecule has 0 atom stereocenters. The van der Waals surface area contributed by atoms with Gasteiger partial charge in [-0.15, -0.1) is 0 Å². The minimum absolute atomic E-state index is 0.0329. The van der Waals surface area contributed by atoms with Crippen LogP contribution >= 0.6 is 0 Å². The van der Waals surface area contributed by atoms with E-state index in [0.29, 0.717) is 11.4 Å². The zero-order chi connectivity index (χ0) is 12.5. The first-order valence-corrected chi connectivity index (χ1v) is 6.89.